The maximum atomic E-state index is 13.0. The quantitative estimate of drug-likeness (QED) is 0.464. The van der Waals surface area contributed by atoms with Crippen LogP contribution in [0, 0.1) is 0 Å². The van der Waals surface area contributed by atoms with Crippen LogP contribution in [0.1, 0.15) is 0 Å². The predicted octanol–water partition coefficient (Wildman–Crippen LogP) is 4.31. The van der Waals surface area contributed by atoms with Crippen LogP contribution >= 0.6 is 15.9 Å². The normalized spacial score (nSPS) is 11.7. The first-order valence-electron chi connectivity index (χ1n) is 8.63. The molecule has 0 amide bonds. The van der Waals surface area contributed by atoms with Gasteiger partial charge in [-0.2, -0.15) is 4.98 Å². The molecule has 0 fully saturated rings. The van der Waals surface area contributed by atoms with Crippen LogP contribution in [0.5, 0.6) is 11.8 Å². The zero-order chi connectivity index (χ0) is 20.8. The summed E-state index contributed by atoms with van der Waals surface area (Å²) in [6.45, 7) is 0. The van der Waals surface area contributed by atoms with E-state index in [4.69, 9.17) is 9.47 Å². The van der Waals surface area contributed by atoms with Gasteiger partial charge in [-0.25, -0.2) is 8.42 Å². The summed E-state index contributed by atoms with van der Waals surface area (Å²) >= 11 is 3.49. The van der Waals surface area contributed by atoms with Crippen molar-refractivity contribution in [2.45, 2.75) is 4.90 Å². The van der Waals surface area contributed by atoms with Gasteiger partial charge < -0.3 is 14.0 Å². The predicted molar refractivity (Wildman–Crippen MR) is 116 cm³/mol. The fourth-order valence-corrected chi connectivity index (χ4v) is 4.75. The molecule has 0 saturated heterocycles. The van der Waals surface area contributed by atoms with Crippen LogP contribution in [-0.2, 0) is 17.1 Å². The summed E-state index contributed by atoms with van der Waals surface area (Å²) in [5, 5.41) is 1.82. The minimum atomic E-state index is -3.86. The second-order valence-electron chi connectivity index (χ2n) is 6.42. The number of halogens is 1. The molecule has 1 N–H and O–H groups in total. The van der Waals surface area contributed by atoms with Crippen molar-refractivity contribution in [3.05, 3.63) is 53.0 Å². The maximum absolute atomic E-state index is 13.0. The van der Waals surface area contributed by atoms with Gasteiger partial charge in [0.2, 0.25) is 11.8 Å². The van der Waals surface area contributed by atoms with Crippen molar-refractivity contribution < 1.29 is 17.9 Å². The SMILES string of the molecule is COc1ccc(NS(=O)(=O)c2ccc3c(c2)c2cc(Br)ccc2n3C)c(OC)n1. The average Bonchev–Trinajstić information content (AvgIpc) is 2.99. The lowest BCUT2D eigenvalue weighted by molar-refractivity contribution is 0.366. The topological polar surface area (TPSA) is 82.5 Å². The number of hydrogen-bond donors (Lipinski definition) is 1. The minimum absolute atomic E-state index is 0.128. The molecule has 4 aromatic rings. The summed E-state index contributed by atoms with van der Waals surface area (Å²) in [5.74, 6) is 0.454. The molecule has 7 nitrogen and oxygen atoms in total. The van der Waals surface area contributed by atoms with Gasteiger partial charge in [0, 0.05) is 39.4 Å². The van der Waals surface area contributed by atoms with Gasteiger partial charge in [-0.1, -0.05) is 15.9 Å². The summed E-state index contributed by atoms with van der Waals surface area (Å²) in [6, 6.07) is 14.1. The number of sulfonamides is 1. The van der Waals surface area contributed by atoms with E-state index in [1.54, 1.807) is 30.3 Å². The zero-order valence-corrected chi connectivity index (χ0v) is 18.3. The lowest BCUT2D eigenvalue weighted by Gasteiger charge is -2.12. The lowest BCUT2D eigenvalue weighted by atomic mass is 10.1. The third-order valence-corrected chi connectivity index (χ3v) is 6.59. The van der Waals surface area contributed by atoms with E-state index in [2.05, 4.69) is 25.6 Å². The van der Waals surface area contributed by atoms with E-state index in [9.17, 15) is 8.42 Å². The van der Waals surface area contributed by atoms with Gasteiger partial charge >= 0.3 is 0 Å². The number of fused-ring (bicyclic) bond motifs is 3. The smallest absolute Gasteiger partial charge is 0.262 e. The standard InChI is InChI=1S/C20H18BrN3O4S/c1-24-17-7-4-12(21)10-14(17)15-11-13(5-8-18(15)24)29(25,26)23-16-6-9-19(27-2)22-20(16)28-3/h4-11,23H,1-3H3. The van der Waals surface area contributed by atoms with E-state index in [-0.39, 0.29) is 16.5 Å². The van der Waals surface area contributed by atoms with Crippen LogP contribution in [0.25, 0.3) is 21.8 Å². The van der Waals surface area contributed by atoms with Crippen LogP contribution in [-0.4, -0.2) is 32.2 Å². The molecule has 0 spiro atoms. The summed E-state index contributed by atoms with van der Waals surface area (Å²) in [5.41, 5.74) is 2.20. The molecular weight excluding hydrogens is 458 g/mol. The number of aromatic nitrogens is 2. The van der Waals surface area contributed by atoms with Crippen LogP contribution < -0.4 is 14.2 Å². The van der Waals surface area contributed by atoms with E-state index < -0.39 is 10.0 Å². The molecule has 0 radical (unpaired) electrons. The van der Waals surface area contributed by atoms with Crippen molar-refractivity contribution in [1.82, 2.24) is 9.55 Å². The molecule has 2 aromatic carbocycles. The molecule has 9 heteroatoms. The highest BCUT2D eigenvalue weighted by atomic mass is 79.9. The van der Waals surface area contributed by atoms with E-state index in [0.29, 0.717) is 5.88 Å². The van der Waals surface area contributed by atoms with E-state index in [1.807, 2.05) is 29.8 Å². The highest BCUT2D eigenvalue weighted by Crippen LogP contribution is 2.33. The van der Waals surface area contributed by atoms with Crippen LogP contribution in [0.2, 0.25) is 0 Å². The number of methoxy groups -OCH3 is 2. The summed E-state index contributed by atoms with van der Waals surface area (Å²) in [6.07, 6.45) is 0. The summed E-state index contributed by atoms with van der Waals surface area (Å²) in [7, 11) is 0.991. The third-order valence-electron chi connectivity index (χ3n) is 4.73. The number of nitrogens with one attached hydrogen (secondary N) is 1. The second kappa shape index (κ2) is 7.23. The first kappa shape index (κ1) is 19.5. The van der Waals surface area contributed by atoms with Gasteiger partial charge in [-0.3, -0.25) is 4.72 Å². The molecule has 2 heterocycles. The molecular formula is C20H18BrN3O4S. The molecule has 0 aliphatic heterocycles. The fourth-order valence-electron chi connectivity index (χ4n) is 3.31. The fraction of sp³-hybridized carbons (Fsp3) is 0.150. The minimum Gasteiger partial charge on any atom is -0.481 e. The van der Waals surface area contributed by atoms with Crippen LogP contribution in [0.4, 0.5) is 5.69 Å². The van der Waals surface area contributed by atoms with Crippen molar-refractivity contribution in [2.75, 3.05) is 18.9 Å². The molecule has 0 saturated carbocycles. The zero-order valence-electron chi connectivity index (χ0n) is 15.9. The Morgan fingerprint density at radius 2 is 1.66 bits per heavy atom. The van der Waals surface area contributed by atoms with Crippen molar-refractivity contribution in [2.24, 2.45) is 7.05 Å². The number of anilines is 1. The monoisotopic (exact) mass is 475 g/mol. The number of hydrogen-bond acceptors (Lipinski definition) is 5. The number of benzene rings is 2. The molecule has 0 unspecified atom stereocenters. The van der Waals surface area contributed by atoms with Crippen molar-refractivity contribution in [3.8, 4) is 11.8 Å². The largest absolute Gasteiger partial charge is 0.481 e. The van der Waals surface area contributed by atoms with Crippen molar-refractivity contribution >= 4 is 53.4 Å². The van der Waals surface area contributed by atoms with Crippen LogP contribution in [0.3, 0.4) is 0 Å². The average molecular weight is 476 g/mol. The highest BCUT2D eigenvalue weighted by molar-refractivity contribution is 9.10. The number of rotatable bonds is 5. The van der Waals surface area contributed by atoms with Gasteiger partial charge in [-0.15, -0.1) is 0 Å². The van der Waals surface area contributed by atoms with Gasteiger partial charge in [0.25, 0.3) is 10.0 Å². The lowest BCUT2D eigenvalue weighted by Crippen LogP contribution is -2.14. The highest BCUT2D eigenvalue weighted by Gasteiger charge is 2.20. The molecule has 0 bridgehead atoms. The van der Waals surface area contributed by atoms with E-state index in [1.165, 1.54) is 14.2 Å². The Hall–Kier alpha value is -2.78. The first-order chi connectivity index (χ1) is 13.8. The van der Waals surface area contributed by atoms with Gasteiger partial charge in [0.1, 0.15) is 5.69 Å². The Labute approximate surface area is 176 Å². The number of aryl methyl sites for hydroxylation is 1. The Bertz CT molecular complexity index is 1350. The first-order valence-corrected chi connectivity index (χ1v) is 10.9. The summed E-state index contributed by atoms with van der Waals surface area (Å²) < 4.78 is 41.8. The Balaban J connectivity index is 1.81. The van der Waals surface area contributed by atoms with Gasteiger partial charge in [0.15, 0.2) is 0 Å². The molecule has 29 heavy (non-hydrogen) atoms. The Morgan fingerprint density at radius 3 is 2.34 bits per heavy atom. The van der Waals surface area contributed by atoms with Crippen LogP contribution in [0.15, 0.2) is 57.9 Å². The molecule has 0 atom stereocenters. The molecule has 150 valence electrons. The Kier molecular flexibility index (Phi) is 4.87. The van der Waals surface area contributed by atoms with Gasteiger partial charge in [0.05, 0.1) is 19.1 Å². The Morgan fingerprint density at radius 1 is 0.966 bits per heavy atom. The second-order valence-corrected chi connectivity index (χ2v) is 9.01. The maximum Gasteiger partial charge on any atom is 0.262 e. The molecule has 4 rings (SSSR count). The van der Waals surface area contributed by atoms with Crippen molar-refractivity contribution in [3.63, 3.8) is 0 Å². The number of nitrogens with zero attached hydrogens (tertiary/aromatic N) is 2. The third kappa shape index (κ3) is 3.40. The van der Waals surface area contributed by atoms with E-state index >= 15 is 0 Å². The molecule has 0 aliphatic rings. The van der Waals surface area contributed by atoms with Crippen molar-refractivity contribution in [1.29, 1.82) is 0 Å². The summed E-state index contributed by atoms with van der Waals surface area (Å²) in [4.78, 5) is 4.26. The van der Waals surface area contributed by atoms with E-state index in [0.717, 1.165) is 26.3 Å². The number of ether oxygens (including phenoxy) is 2. The van der Waals surface area contributed by atoms with Gasteiger partial charge in [-0.05, 0) is 42.5 Å². The molecule has 2 aromatic heterocycles. The number of pyridine rings is 1. The molecule has 0 aliphatic carbocycles.